The van der Waals surface area contributed by atoms with E-state index in [0.717, 1.165) is 22.1 Å². The van der Waals surface area contributed by atoms with Crippen LogP contribution in [0.25, 0.3) is 0 Å². The molecule has 1 unspecified atom stereocenters. The van der Waals surface area contributed by atoms with Gasteiger partial charge in [-0.1, -0.05) is 37.3 Å². The predicted octanol–water partition coefficient (Wildman–Crippen LogP) is 4.00. The second kappa shape index (κ2) is 11.9. The van der Waals surface area contributed by atoms with Gasteiger partial charge in [0.15, 0.2) is 0 Å². The van der Waals surface area contributed by atoms with Crippen LogP contribution in [0.1, 0.15) is 54.7 Å². The van der Waals surface area contributed by atoms with Crippen LogP contribution in [-0.2, 0) is 16.0 Å². The van der Waals surface area contributed by atoms with Crippen molar-refractivity contribution in [1.29, 1.82) is 0 Å². The maximum atomic E-state index is 12.6. The van der Waals surface area contributed by atoms with Gasteiger partial charge in [0.2, 0.25) is 11.0 Å². The zero-order valence-electron chi connectivity index (χ0n) is 18.9. The summed E-state index contributed by atoms with van der Waals surface area (Å²) < 4.78 is 7.76. The molecule has 0 spiro atoms. The molecule has 9 nitrogen and oxygen atoms in total. The fourth-order valence-electron chi connectivity index (χ4n) is 2.95. The summed E-state index contributed by atoms with van der Waals surface area (Å²) in [6.07, 6.45) is 4.18. The number of ether oxygens (including phenoxy) is 1. The van der Waals surface area contributed by atoms with E-state index in [1.165, 1.54) is 16.9 Å². The van der Waals surface area contributed by atoms with Crippen molar-refractivity contribution in [2.45, 2.75) is 53.0 Å². The second-order valence-electron chi connectivity index (χ2n) is 7.49. The molecule has 1 aromatic carbocycles. The maximum Gasteiger partial charge on any atom is 0.290 e. The van der Waals surface area contributed by atoms with Crippen molar-refractivity contribution in [3.8, 4) is 5.75 Å². The SMILES string of the molecule is Cc1ccc(C)c(OCCc2nnc(NC(=O)C(C)n3ccnc3C(C)C)s2)c1.O=CO. The molecule has 32 heavy (non-hydrogen) atoms. The Hall–Kier alpha value is -3.27. The van der Waals surface area contributed by atoms with Gasteiger partial charge in [-0.2, -0.15) is 0 Å². The van der Waals surface area contributed by atoms with Gasteiger partial charge >= 0.3 is 0 Å². The van der Waals surface area contributed by atoms with E-state index < -0.39 is 0 Å². The molecule has 3 rings (SSSR count). The smallest absolute Gasteiger partial charge is 0.290 e. The molecule has 0 fully saturated rings. The highest BCUT2D eigenvalue weighted by molar-refractivity contribution is 7.15. The number of nitrogens with one attached hydrogen (secondary N) is 1. The summed E-state index contributed by atoms with van der Waals surface area (Å²) in [6.45, 7) is 10.3. The number of benzene rings is 1. The van der Waals surface area contributed by atoms with Crippen LogP contribution in [0.3, 0.4) is 0 Å². The molecular formula is C22H29N5O4S. The third kappa shape index (κ3) is 6.88. The van der Waals surface area contributed by atoms with Gasteiger partial charge in [-0.25, -0.2) is 4.98 Å². The molecule has 0 aliphatic heterocycles. The number of carboxylic acid groups (broad SMARTS) is 1. The number of carbonyl (C=O) groups is 2. The van der Waals surface area contributed by atoms with E-state index in [-0.39, 0.29) is 24.3 Å². The molecule has 10 heteroatoms. The number of aryl methyl sites for hydroxylation is 2. The Bertz CT molecular complexity index is 1030. The molecular weight excluding hydrogens is 430 g/mol. The number of amides is 1. The summed E-state index contributed by atoms with van der Waals surface area (Å²) in [7, 11) is 0. The lowest BCUT2D eigenvalue weighted by Gasteiger charge is -2.16. The minimum atomic E-state index is -0.380. The first-order valence-corrected chi connectivity index (χ1v) is 11.0. The van der Waals surface area contributed by atoms with Crippen molar-refractivity contribution < 1.29 is 19.4 Å². The van der Waals surface area contributed by atoms with E-state index in [1.54, 1.807) is 6.20 Å². The molecule has 3 aromatic rings. The van der Waals surface area contributed by atoms with Crippen LogP contribution in [0.2, 0.25) is 0 Å². The first-order chi connectivity index (χ1) is 15.3. The van der Waals surface area contributed by atoms with E-state index in [0.29, 0.717) is 18.2 Å². The molecule has 0 saturated heterocycles. The summed E-state index contributed by atoms with van der Waals surface area (Å²) in [6, 6.07) is 5.77. The quantitative estimate of drug-likeness (QED) is 0.489. The Balaban J connectivity index is 0.00000114. The lowest BCUT2D eigenvalue weighted by atomic mass is 10.1. The number of rotatable bonds is 8. The Morgan fingerprint density at radius 1 is 1.28 bits per heavy atom. The Labute approximate surface area is 191 Å². The molecule has 1 amide bonds. The van der Waals surface area contributed by atoms with Gasteiger partial charge in [-0.15, -0.1) is 10.2 Å². The number of hydrogen-bond donors (Lipinski definition) is 2. The lowest BCUT2D eigenvalue weighted by molar-refractivity contribution is -0.123. The van der Waals surface area contributed by atoms with Crippen molar-refractivity contribution in [3.63, 3.8) is 0 Å². The van der Waals surface area contributed by atoms with Gasteiger partial charge in [0, 0.05) is 24.7 Å². The van der Waals surface area contributed by atoms with Crippen LogP contribution < -0.4 is 10.1 Å². The van der Waals surface area contributed by atoms with Crippen molar-refractivity contribution in [2.75, 3.05) is 11.9 Å². The molecule has 0 aliphatic rings. The Morgan fingerprint density at radius 3 is 2.69 bits per heavy atom. The molecule has 172 valence electrons. The number of aromatic nitrogens is 4. The zero-order chi connectivity index (χ0) is 23.7. The topological polar surface area (TPSA) is 119 Å². The number of anilines is 1. The van der Waals surface area contributed by atoms with Crippen LogP contribution in [0.5, 0.6) is 5.75 Å². The molecule has 0 saturated carbocycles. The summed E-state index contributed by atoms with van der Waals surface area (Å²) in [4.78, 5) is 25.3. The highest BCUT2D eigenvalue weighted by atomic mass is 32.1. The Kier molecular flexibility index (Phi) is 9.33. The summed E-state index contributed by atoms with van der Waals surface area (Å²) in [5, 5.41) is 19.3. The largest absolute Gasteiger partial charge is 0.493 e. The van der Waals surface area contributed by atoms with Crippen LogP contribution in [0.15, 0.2) is 30.6 Å². The van der Waals surface area contributed by atoms with E-state index in [1.807, 2.05) is 37.6 Å². The van der Waals surface area contributed by atoms with Crippen LogP contribution in [0.4, 0.5) is 5.13 Å². The second-order valence-corrected chi connectivity index (χ2v) is 8.55. The third-order valence-electron chi connectivity index (χ3n) is 4.63. The zero-order valence-corrected chi connectivity index (χ0v) is 19.7. The van der Waals surface area contributed by atoms with Gasteiger partial charge in [0.25, 0.3) is 6.47 Å². The molecule has 0 bridgehead atoms. The molecule has 2 aromatic heterocycles. The van der Waals surface area contributed by atoms with E-state index in [4.69, 9.17) is 14.6 Å². The molecule has 2 heterocycles. The van der Waals surface area contributed by atoms with E-state index >= 15 is 0 Å². The highest BCUT2D eigenvalue weighted by Gasteiger charge is 2.20. The average Bonchev–Trinajstić information content (AvgIpc) is 3.40. The van der Waals surface area contributed by atoms with Crippen molar-refractivity contribution in [1.82, 2.24) is 19.7 Å². The minimum Gasteiger partial charge on any atom is -0.493 e. The summed E-state index contributed by atoms with van der Waals surface area (Å²) in [5.41, 5.74) is 2.27. The van der Waals surface area contributed by atoms with Crippen LogP contribution in [0, 0.1) is 13.8 Å². The molecule has 2 N–H and O–H groups in total. The predicted molar refractivity (Wildman–Crippen MR) is 123 cm³/mol. The van der Waals surface area contributed by atoms with E-state index in [2.05, 4.69) is 46.5 Å². The average molecular weight is 460 g/mol. The standard InChI is InChI=1S/C21H27N5O2S.CH2O2/c1-13(2)19-22-9-10-26(19)16(5)20(27)23-21-25-24-18(29-21)8-11-28-17-12-14(3)6-7-15(17)4;2-1-3/h6-7,9-10,12-13,16H,8,11H2,1-5H3,(H,23,25,27);1H,(H,2,3). The van der Waals surface area contributed by atoms with Gasteiger partial charge in [-0.3, -0.25) is 14.9 Å². The van der Waals surface area contributed by atoms with Crippen molar-refractivity contribution in [2.24, 2.45) is 0 Å². The lowest BCUT2D eigenvalue weighted by Crippen LogP contribution is -2.24. The molecule has 1 atom stereocenters. The maximum absolute atomic E-state index is 12.6. The number of nitrogens with zero attached hydrogens (tertiary/aromatic N) is 4. The van der Waals surface area contributed by atoms with Crippen molar-refractivity contribution in [3.05, 3.63) is 52.6 Å². The van der Waals surface area contributed by atoms with Gasteiger partial charge in [0.05, 0.1) is 6.61 Å². The number of imidazole rings is 1. The van der Waals surface area contributed by atoms with Gasteiger partial charge in [0.1, 0.15) is 22.6 Å². The van der Waals surface area contributed by atoms with Crippen LogP contribution in [-0.4, -0.2) is 43.8 Å². The fourth-order valence-corrected chi connectivity index (χ4v) is 3.68. The highest BCUT2D eigenvalue weighted by Crippen LogP contribution is 2.22. The minimum absolute atomic E-state index is 0.140. The third-order valence-corrected chi connectivity index (χ3v) is 5.52. The number of hydrogen-bond acceptors (Lipinski definition) is 7. The molecule has 0 aliphatic carbocycles. The Morgan fingerprint density at radius 2 is 2.00 bits per heavy atom. The number of carbonyl (C=O) groups excluding carboxylic acids is 1. The van der Waals surface area contributed by atoms with Gasteiger partial charge < -0.3 is 14.4 Å². The normalized spacial score (nSPS) is 11.4. The van der Waals surface area contributed by atoms with E-state index in [9.17, 15) is 4.79 Å². The van der Waals surface area contributed by atoms with Crippen molar-refractivity contribution >= 4 is 28.8 Å². The summed E-state index contributed by atoms with van der Waals surface area (Å²) >= 11 is 1.37. The monoisotopic (exact) mass is 459 g/mol. The first-order valence-electron chi connectivity index (χ1n) is 10.2. The fraction of sp³-hybridized carbons (Fsp3) is 0.409. The first kappa shape index (κ1) is 25.0. The summed E-state index contributed by atoms with van der Waals surface area (Å²) in [5.74, 6) is 1.87. The van der Waals surface area contributed by atoms with Crippen LogP contribution >= 0.6 is 11.3 Å². The molecule has 0 radical (unpaired) electrons. The van der Waals surface area contributed by atoms with Gasteiger partial charge in [-0.05, 0) is 38.0 Å².